The molecule has 0 bridgehead atoms. The van der Waals surface area contributed by atoms with Crippen LogP contribution in [0.5, 0.6) is 0 Å². The van der Waals surface area contributed by atoms with E-state index in [0.717, 1.165) is 0 Å². The largest absolute Gasteiger partial charge is 0.444 e. The molecule has 4 aromatic rings. The first-order valence-electron chi connectivity index (χ1n) is 12.6. The molecule has 2 N–H and O–H groups in total. The quantitative estimate of drug-likeness (QED) is 0.291. The summed E-state index contributed by atoms with van der Waals surface area (Å²) in [5.74, 6) is -0.552. The Hall–Kier alpha value is -4.74. The van der Waals surface area contributed by atoms with E-state index in [-0.39, 0.29) is 28.8 Å². The first-order chi connectivity index (χ1) is 18.5. The van der Waals surface area contributed by atoms with Gasteiger partial charge in [0.15, 0.2) is 0 Å². The SMILES string of the molecule is CC(C)(C)OC(=O)N1CCC(c2cc(=O)[nH]c3c4c(NC(=O)c5cccc([N+](=O)[O-])c5)cccc4nn23)CC1. The Kier molecular flexibility index (Phi) is 6.54. The molecule has 2 aromatic carbocycles. The highest BCUT2D eigenvalue weighted by Gasteiger charge is 2.29. The Balaban J connectivity index is 1.46. The van der Waals surface area contributed by atoms with Crippen LogP contribution in [-0.4, -0.2) is 55.1 Å². The molecule has 0 unspecified atom stereocenters. The maximum Gasteiger partial charge on any atom is 0.410 e. The molecule has 12 nitrogen and oxygen atoms in total. The number of benzene rings is 2. The van der Waals surface area contributed by atoms with Crippen molar-refractivity contribution in [3.63, 3.8) is 0 Å². The number of rotatable bonds is 4. The number of fused-ring (bicyclic) bond motifs is 3. The van der Waals surface area contributed by atoms with Crippen molar-refractivity contribution in [2.75, 3.05) is 18.4 Å². The number of aromatic nitrogens is 3. The van der Waals surface area contributed by atoms with Crippen LogP contribution in [0.4, 0.5) is 16.2 Å². The molecule has 0 aliphatic carbocycles. The minimum atomic E-state index is -0.579. The summed E-state index contributed by atoms with van der Waals surface area (Å²) in [6.45, 7) is 6.45. The van der Waals surface area contributed by atoms with Crippen LogP contribution in [0.25, 0.3) is 16.6 Å². The Bertz CT molecular complexity index is 1660. The van der Waals surface area contributed by atoms with Gasteiger partial charge in [-0.2, -0.15) is 5.10 Å². The van der Waals surface area contributed by atoms with Gasteiger partial charge in [-0.1, -0.05) is 12.1 Å². The highest BCUT2D eigenvalue weighted by molar-refractivity contribution is 6.12. The van der Waals surface area contributed by atoms with Gasteiger partial charge in [0, 0.05) is 42.8 Å². The Labute approximate surface area is 222 Å². The lowest BCUT2D eigenvalue weighted by Gasteiger charge is -2.33. The van der Waals surface area contributed by atoms with Gasteiger partial charge in [0.1, 0.15) is 11.2 Å². The van der Waals surface area contributed by atoms with E-state index in [1.807, 2.05) is 20.8 Å². The fourth-order valence-electron chi connectivity index (χ4n) is 4.82. The molecule has 12 heteroatoms. The van der Waals surface area contributed by atoms with Gasteiger partial charge < -0.3 is 19.9 Å². The molecule has 202 valence electrons. The number of carbonyl (C=O) groups is 2. The summed E-state index contributed by atoms with van der Waals surface area (Å²) in [4.78, 5) is 53.3. The molecule has 5 rings (SSSR count). The zero-order chi connectivity index (χ0) is 27.9. The van der Waals surface area contributed by atoms with Crippen molar-refractivity contribution in [2.24, 2.45) is 0 Å². The molecule has 2 amide bonds. The fraction of sp³-hybridized carbons (Fsp3) is 0.333. The van der Waals surface area contributed by atoms with Crippen LogP contribution in [0, 0.1) is 10.1 Å². The molecule has 0 saturated carbocycles. The first-order valence-corrected chi connectivity index (χ1v) is 12.6. The highest BCUT2D eigenvalue weighted by Crippen LogP contribution is 2.32. The molecule has 1 aliphatic rings. The van der Waals surface area contributed by atoms with Crippen LogP contribution in [-0.2, 0) is 4.74 Å². The number of likely N-dealkylation sites (tertiary alicyclic amines) is 1. The standard InChI is InChI=1S/C27H28N6O6/c1-27(2,3)39-26(36)31-12-10-16(11-13-31)21-15-22(34)29-24-23-19(8-5-9-20(23)30-32(21)24)28-25(35)17-6-4-7-18(14-17)33(37)38/h4-9,14-16H,10-13H2,1-3H3,(H,28,35)(H,29,34). The predicted octanol–water partition coefficient (Wildman–Crippen LogP) is 4.45. The summed E-state index contributed by atoms with van der Waals surface area (Å²) in [6.07, 6.45) is 0.903. The van der Waals surface area contributed by atoms with E-state index in [1.165, 1.54) is 30.3 Å². The number of ether oxygens (including phenoxy) is 1. The van der Waals surface area contributed by atoms with Crippen LogP contribution < -0.4 is 10.9 Å². The normalized spacial score (nSPS) is 14.5. The van der Waals surface area contributed by atoms with Crippen molar-refractivity contribution < 1.29 is 19.2 Å². The molecule has 2 aromatic heterocycles. The van der Waals surface area contributed by atoms with Crippen molar-refractivity contribution in [2.45, 2.75) is 45.1 Å². The lowest BCUT2D eigenvalue weighted by Crippen LogP contribution is -2.41. The number of non-ortho nitro benzene ring substituents is 1. The molecule has 1 aliphatic heterocycles. The van der Waals surface area contributed by atoms with E-state index in [1.54, 1.807) is 27.6 Å². The van der Waals surface area contributed by atoms with Gasteiger partial charge in [-0.25, -0.2) is 9.31 Å². The smallest absolute Gasteiger partial charge is 0.410 e. The second-order valence-electron chi connectivity index (χ2n) is 10.5. The number of amides is 2. The number of H-pyrrole nitrogens is 1. The summed E-state index contributed by atoms with van der Waals surface area (Å²) in [7, 11) is 0. The summed E-state index contributed by atoms with van der Waals surface area (Å²) in [6, 6.07) is 12.2. The van der Waals surface area contributed by atoms with Gasteiger partial charge >= 0.3 is 6.09 Å². The van der Waals surface area contributed by atoms with Crippen LogP contribution in [0.2, 0.25) is 0 Å². The molecule has 0 spiro atoms. The minimum absolute atomic E-state index is 0.0225. The van der Waals surface area contributed by atoms with Crippen LogP contribution >= 0.6 is 0 Å². The monoisotopic (exact) mass is 532 g/mol. The molecule has 0 atom stereocenters. The number of carbonyl (C=O) groups excluding carboxylic acids is 2. The summed E-state index contributed by atoms with van der Waals surface area (Å²) < 4.78 is 7.17. The van der Waals surface area contributed by atoms with Crippen LogP contribution in [0.15, 0.2) is 53.3 Å². The third-order valence-electron chi connectivity index (χ3n) is 6.60. The van der Waals surface area contributed by atoms with E-state index in [4.69, 9.17) is 9.84 Å². The van der Waals surface area contributed by atoms with Crippen LogP contribution in [0.1, 0.15) is 55.6 Å². The van der Waals surface area contributed by atoms with Gasteiger partial charge in [-0.15, -0.1) is 0 Å². The van der Waals surface area contributed by atoms with Gasteiger partial charge in [0.25, 0.3) is 17.2 Å². The Morgan fingerprint density at radius 1 is 1.13 bits per heavy atom. The average molecular weight is 533 g/mol. The molecule has 0 radical (unpaired) electrons. The molecular weight excluding hydrogens is 504 g/mol. The third-order valence-corrected chi connectivity index (χ3v) is 6.60. The summed E-state index contributed by atoms with van der Waals surface area (Å²) in [5.41, 5.74) is 1.15. The third kappa shape index (κ3) is 5.31. The second-order valence-corrected chi connectivity index (χ2v) is 10.5. The number of nitro groups is 1. The van der Waals surface area contributed by atoms with E-state index >= 15 is 0 Å². The lowest BCUT2D eigenvalue weighted by atomic mass is 9.93. The van der Waals surface area contributed by atoms with Crippen molar-refractivity contribution >= 4 is 39.9 Å². The lowest BCUT2D eigenvalue weighted by molar-refractivity contribution is -0.384. The van der Waals surface area contributed by atoms with Crippen molar-refractivity contribution in [1.29, 1.82) is 0 Å². The zero-order valence-electron chi connectivity index (χ0n) is 21.8. The molecule has 1 fully saturated rings. The maximum atomic E-state index is 13.0. The fourth-order valence-corrected chi connectivity index (χ4v) is 4.82. The topological polar surface area (TPSA) is 152 Å². The number of hydrogen-bond donors (Lipinski definition) is 2. The van der Waals surface area contributed by atoms with Gasteiger partial charge in [-0.05, 0) is 51.8 Å². The van der Waals surface area contributed by atoms with E-state index in [9.17, 15) is 24.5 Å². The zero-order valence-corrected chi connectivity index (χ0v) is 21.8. The molecular formula is C27H28N6O6. The summed E-state index contributed by atoms with van der Waals surface area (Å²) in [5, 5.41) is 19.2. The van der Waals surface area contributed by atoms with E-state index in [0.29, 0.717) is 53.9 Å². The number of nitrogens with zero attached hydrogens (tertiary/aromatic N) is 4. The maximum absolute atomic E-state index is 13.0. The molecule has 1 saturated heterocycles. The number of hydrogen-bond acceptors (Lipinski definition) is 7. The van der Waals surface area contributed by atoms with Crippen molar-refractivity contribution in [3.8, 4) is 0 Å². The number of nitrogens with one attached hydrogen (secondary N) is 2. The molecule has 39 heavy (non-hydrogen) atoms. The van der Waals surface area contributed by atoms with Gasteiger partial charge in [0.05, 0.1) is 27.2 Å². The predicted molar refractivity (Wildman–Crippen MR) is 144 cm³/mol. The number of nitro benzene ring substituents is 1. The minimum Gasteiger partial charge on any atom is -0.444 e. The second kappa shape index (κ2) is 9.86. The number of piperidine rings is 1. The number of anilines is 1. The Morgan fingerprint density at radius 2 is 1.85 bits per heavy atom. The molecule has 3 heterocycles. The highest BCUT2D eigenvalue weighted by atomic mass is 16.6. The first kappa shape index (κ1) is 25.9. The van der Waals surface area contributed by atoms with E-state index in [2.05, 4.69) is 10.3 Å². The van der Waals surface area contributed by atoms with Gasteiger partial charge in [-0.3, -0.25) is 19.7 Å². The Morgan fingerprint density at radius 3 is 2.54 bits per heavy atom. The average Bonchev–Trinajstić information content (AvgIpc) is 3.26. The van der Waals surface area contributed by atoms with Crippen molar-refractivity contribution in [3.05, 3.63) is 80.3 Å². The van der Waals surface area contributed by atoms with E-state index < -0.39 is 16.4 Å². The summed E-state index contributed by atoms with van der Waals surface area (Å²) >= 11 is 0. The van der Waals surface area contributed by atoms with Gasteiger partial charge in [0.2, 0.25) is 0 Å². The van der Waals surface area contributed by atoms with Crippen LogP contribution in [0.3, 0.4) is 0 Å². The number of aromatic amines is 1. The van der Waals surface area contributed by atoms with Crippen molar-refractivity contribution in [1.82, 2.24) is 19.5 Å².